The van der Waals surface area contributed by atoms with Gasteiger partial charge in [-0.1, -0.05) is 0 Å². The van der Waals surface area contributed by atoms with Gasteiger partial charge in [-0.15, -0.1) is 11.3 Å². The zero-order valence-electron chi connectivity index (χ0n) is 16.0. The summed E-state index contributed by atoms with van der Waals surface area (Å²) in [6.45, 7) is 1.90. The van der Waals surface area contributed by atoms with Gasteiger partial charge in [0.15, 0.2) is 5.76 Å². The molecule has 29 heavy (non-hydrogen) atoms. The lowest BCUT2D eigenvalue weighted by molar-refractivity contribution is 0.0521. The predicted octanol–water partition coefficient (Wildman–Crippen LogP) is 2.95. The van der Waals surface area contributed by atoms with E-state index in [1.54, 1.807) is 21.9 Å². The van der Waals surface area contributed by atoms with Crippen LogP contribution in [0.5, 0.6) is 0 Å². The summed E-state index contributed by atoms with van der Waals surface area (Å²) in [5.41, 5.74) is 9.31. The van der Waals surface area contributed by atoms with E-state index in [1.165, 1.54) is 36.0 Å². The maximum Gasteiger partial charge on any atom is 0.289 e. The van der Waals surface area contributed by atoms with Crippen molar-refractivity contribution in [2.45, 2.75) is 25.7 Å². The second-order valence-electron chi connectivity index (χ2n) is 7.56. The molecular weight excluding hydrogens is 388 g/mol. The van der Waals surface area contributed by atoms with Crippen molar-refractivity contribution in [1.82, 2.24) is 14.8 Å². The van der Waals surface area contributed by atoms with Crippen LogP contribution in [0.4, 0.5) is 5.69 Å². The monoisotopic (exact) mass is 410 g/mol. The van der Waals surface area contributed by atoms with Gasteiger partial charge in [-0.25, -0.2) is 4.98 Å². The van der Waals surface area contributed by atoms with Crippen molar-refractivity contribution in [3.8, 4) is 0 Å². The normalized spacial score (nSPS) is 16.8. The lowest BCUT2D eigenvalue weighted by Gasteiger charge is -2.34. The second kappa shape index (κ2) is 7.18. The Labute approximate surface area is 172 Å². The molecule has 3 aromatic rings. The summed E-state index contributed by atoms with van der Waals surface area (Å²) in [6.07, 6.45) is 5.86. The highest BCUT2D eigenvalue weighted by molar-refractivity contribution is 7.21. The maximum atomic E-state index is 13.1. The molecule has 0 aromatic carbocycles. The van der Waals surface area contributed by atoms with Crippen LogP contribution in [-0.4, -0.2) is 52.8 Å². The van der Waals surface area contributed by atoms with E-state index in [0.29, 0.717) is 42.5 Å². The van der Waals surface area contributed by atoms with Crippen molar-refractivity contribution in [1.29, 1.82) is 0 Å². The van der Waals surface area contributed by atoms with E-state index < -0.39 is 0 Å². The Bertz CT molecular complexity index is 1080. The molecular formula is C21H22N4O3S. The first-order valence-corrected chi connectivity index (χ1v) is 10.8. The highest BCUT2D eigenvalue weighted by atomic mass is 32.1. The van der Waals surface area contributed by atoms with E-state index in [1.807, 2.05) is 0 Å². The van der Waals surface area contributed by atoms with E-state index in [4.69, 9.17) is 15.1 Å². The third kappa shape index (κ3) is 3.17. The van der Waals surface area contributed by atoms with Crippen LogP contribution in [0.3, 0.4) is 0 Å². The summed E-state index contributed by atoms with van der Waals surface area (Å²) in [6, 6.07) is 5.48. The smallest absolute Gasteiger partial charge is 0.289 e. The molecule has 4 heterocycles. The molecule has 0 bridgehead atoms. The number of furan rings is 1. The Hall–Kier alpha value is -2.87. The number of carbonyl (C=O) groups excluding carboxylic acids is 2. The third-order valence-electron chi connectivity index (χ3n) is 5.78. The fraction of sp³-hybridized carbons (Fsp3) is 0.381. The van der Waals surface area contributed by atoms with Crippen LogP contribution in [0.1, 0.15) is 44.3 Å². The molecule has 2 N–H and O–H groups in total. The van der Waals surface area contributed by atoms with Crippen molar-refractivity contribution in [2.75, 3.05) is 31.9 Å². The number of aryl methyl sites for hydroxylation is 2. The van der Waals surface area contributed by atoms with Gasteiger partial charge in [0.25, 0.3) is 11.8 Å². The van der Waals surface area contributed by atoms with Gasteiger partial charge >= 0.3 is 0 Å². The molecule has 2 aliphatic rings. The number of nitrogens with zero attached hydrogens (tertiary/aromatic N) is 3. The molecule has 150 valence electrons. The molecule has 0 saturated carbocycles. The minimum atomic E-state index is -0.141. The Kier molecular flexibility index (Phi) is 4.50. The standard InChI is InChI=1S/C21H22N4O3S/c22-17-14-12-13-4-1-2-5-15(13)23-19(14)29-18(17)21(27)25-9-7-24(8-10-25)20(26)16-6-3-11-28-16/h3,6,11-12H,1-2,4-5,7-10,22H2. The minimum absolute atomic E-state index is 0.0754. The molecule has 0 unspecified atom stereocenters. The summed E-state index contributed by atoms with van der Waals surface area (Å²) in [5.74, 6) is 0.111. The highest BCUT2D eigenvalue weighted by Gasteiger charge is 2.29. The number of anilines is 1. The van der Waals surface area contributed by atoms with Crippen LogP contribution < -0.4 is 5.73 Å². The SMILES string of the molecule is Nc1c(C(=O)N2CCN(C(=O)c3ccco3)CC2)sc2nc3c(cc12)CCCC3. The van der Waals surface area contributed by atoms with Crippen LogP contribution in [0, 0.1) is 0 Å². The van der Waals surface area contributed by atoms with Gasteiger partial charge in [0.05, 0.1) is 12.0 Å². The zero-order chi connectivity index (χ0) is 20.0. The summed E-state index contributed by atoms with van der Waals surface area (Å²) in [5, 5.41) is 0.894. The molecule has 2 amide bonds. The number of rotatable bonds is 2. The molecule has 1 aliphatic carbocycles. The van der Waals surface area contributed by atoms with Crippen LogP contribution in [0.2, 0.25) is 0 Å². The Morgan fingerprint density at radius 1 is 1.07 bits per heavy atom. The number of carbonyl (C=O) groups is 2. The minimum Gasteiger partial charge on any atom is -0.459 e. The number of amides is 2. The largest absolute Gasteiger partial charge is 0.459 e. The number of piperazine rings is 1. The predicted molar refractivity (Wildman–Crippen MR) is 111 cm³/mol. The first-order valence-electron chi connectivity index (χ1n) is 9.94. The first kappa shape index (κ1) is 18.2. The summed E-state index contributed by atoms with van der Waals surface area (Å²) in [4.78, 5) is 35.2. The quantitative estimate of drug-likeness (QED) is 0.701. The van der Waals surface area contributed by atoms with Crippen LogP contribution in [-0.2, 0) is 12.8 Å². The Morgan fingerprint density at radius 3 is 2.52 bits per heavy atom. The van der Waals surface area contributed by atoms with E-state index in [0.717, 1.165) is 28.8 Å². The van der Waals surface area contributed by atoms with Crippen molar-refractivity contribution >= 4 is 39.1 Å². The lowest BCUT2D eigenvalue weighted by atomic mass is 9.95. The number of thiophene rings is 1. The van der Waals surface area contributed by atoms with Gasteiger partial charge in [0.2, 0.25) is 0 Å². The number of fused-ring (bicyclic) bond motifs is 2. The van der Waals surface area contributed by atoms with Crippen LogP contribution >= 0.6 is 11.3 Å². The number of nitrogen functional groups attached to an aromatic ring is 1. The van der Waals surface area contributed by atoms with E-state index in [9.17, 15) is 9.59 Å². The number of pyridine rings is 1. The molecule has 1 saturated heterocycles. The Balaban J connectivity index is 1.34. The molecule has 1 fully saturated rings. The molecule has 7 nitrogen and oxygen atoms in total. The Morgan fingerprint density at radius 2 is 1.79 bits per heavy atom. The van der Waals surface area contributed by atoms with Crippen LogP contribution in [0.15, 0.2) is 28.9 Å². The summed E-state index contributed by atoms with van der Waals surface area (Å²) >= 11 is 1.38. The average molecular weight is 410 g/mol. The number of aromatic nitrogens is 1. The van der Waals surface area contributed by atoms with Crippen molar-refractivity contribution < 1.29 is 14.0 Å². The molecule has 0 spiro atoms. The molecule has 5 rings (SSSR count). The highest BCUT2D eigenvalue weighted by Crippen LogP contribution is 2.36. The summed E-state index contributed by atoms with van der Waals surface area (Å²) < 4.78 is 5.19. The third-order valence-corrected chi connectivity index (χ3v) is 6.88. The number of hydrogen-bond acceptors (Lipinski definition) is 6. The fourth-order valence-electron chi connectivity index (χ4n) is 4.13. The van der Waals surface area contributed by atoms with Gasteiger partial charge in [0.1, 0.15) is 9.71 Å². The molecule has 1 aliphatic heterocycles. The number of nitrogens with two attached hydrogens (primary N) is 1. The van der Waals surface area contributed by atoms with E-state index in [-0.39, 0.29) is 11.8 Å². The van der Waals surface area contributed by atoms with E-state index >= 15 is 0 Å². The van der Waals surface area contributed by atoms with Gasteiger partial charge in [-0.05, 0) is 49.4 Å². The van der Waals surface area contributed by atoms with Crippen molar-refractivity contribution in [2.24, 2.45) is 0 Å². The second-order valence-corrected chi connectivity index (χ2v) is 8.56. The van der Waals surface area contributed by atoms with Gasteiger partial charge in [-0.3, -0.25) is 9.59 Å². The topological polar surface area (TPSA) is 92.7 Å². The lowest BCUT2D eigenvalue weighted by Crippen LogP contribution is -2.50. The maximum absolute atomic E-state index is 13.1. The summed E-state index contributed by atoms with van der Waals surface area (Å²) in [7, 11) is 0. The fourth-order valence-corrected chi connectivity index (χ4v) is 5.19. The average Bonchev–Trinajstić information content (AvgIpc) is 3.40. The van der Waals surface area contributed by atoms with Gasteiger partial charge in [-0.2, -0.15) is 0 Å². The zero-order valence-corrected chi connectivity index (χ0v) is 16.8. The molecule has 0 atom stereocenters. The van der Waals surface area contributed by atoms with Gasteiger partial charge in [0, 0.05) is 37.3 Å². The van der Waals surface area contributed by atoms with Gasteiger partial charge < -0.3 is 20.0 Å². The molecule has 0 radical (unpaired) electrons. The van der Waals surface area contributed by atoms with Crippen molar-refractivity contribution in [3.05, 3.63) is 46.4 Å². The van der Waals surface area contributed by atoms with Crippen LogP contribution in [0.25, 0.3) is 10.2 Å². The first-order chi connectivity index (χ1) is 14.1. The molecule has 3 aromatic heterocycles. The molecule has 8 heteroatoms. The number of hydrogen-bond donors (Lipinski definition) is 1. The van der Waals surface area contributed by atoms with Crippen molar-refractivity contribution in [3.63, 3.8) is 0 Å². The van der Waals surface area contributed by atoms with E-state index in [2.05, 4.69) is 6.07 Å².